The number of H-pyrrole nitrogens is 1. The van der Waals surface area contributed by atoms with Gasteiger partial charge in [-0.15, -0.1) is 0 Å². The first-order valence-electron chi connectivity index (χ1n) is 3.58. The molecule has 0 aromatic carbocycles. The van der Waals surface area contributed by atoms with Gasteiger partial charge in [-0.25, -0.2) is 4.79 Å². The first-order chi connectivity index (χ1) is 6.63. The van der Waals surface area contributed by atoms with Crippen LogP contribution in [0.4, 0.5) is 0 Å². The molecule has 0 unspecified atom stereocenters. The minimum Gasteiger partial charge on any atom is -0.477 e. The molecule has 0 bridgehead atoms. The number of aromatic carboxylic acids is 1. The monoisotopic (exact) mass is 276 g/mol. The molecule has 2 aromatic heterocycles. The summed E-state index contributed by atoms with van der Waals surface area (Å²) < 4.78 is 6.20. The van der Waals surface area contributed by atoms with Gasteiger partial charge >= 0.3 is 5.97 Å². The quantitative estimate of drug-likeness (QED) is 0.881. The highest BCUT2D eigenvalue weighted by Crippen LogP contribution is 2.35. The highest BCUT2D eigenvalue weighted by molar-refractivity contribution is 9.10. The van der Waals surface area contributed by atoms with Crippen molar-refractivity contribution < 1.29 is 14.6 Å². The Balaban J connectivity index is 2.66. The molecule has 14 heavy (non-hydrogen) atoms. The third kappa shape index (κ3) is 1.28. The fourth-order valence-corrected chi connectivity index (χ4v) is 2.53. The number of carboxylic acids is 1. The maximum atomic E-state index is 10.7. The van der Waals surface area contributed by atoms with Crippen LogP contribution in [0, 0.1) is 0 Å². The molecular weight excluding hydrogens is 272 g/mol. The van der Waals surface area contributed by atoms with Crippen molar-refractivity contribution >= 4 is 43.6 Å². The lowest BCUT2D eigenvalue weighted by Crippen LogP contribution is -1.96. The number of nitrogens with one attached hydrogen (secondary N) is 1. The summed E-state index contributed by atoms with van der Waals surface area (Å²) in [6.45, 7) is 0. The zero-order chi connectivity index (χ0) is 10.3. The second kappa shape index (κ2) is 3.25. The van der Waals surface area contributed by atoms with E-state index in [1.807, 2.05) is 0 Å². The lowest BCUT2D eigenvalue weighted by molar-refractivity contribution is 0.0690. The van der Waals surface area contributed by atoms with Gasteiger partial charge < -0.3 is 14.8 Å². The van der Waals surface area contributed by atoms with E-state index < -0.39 is 5.97 Å². The van der Waals surface area contributed by atoms with Crippen molar-refractivity contribution in [3.05, 3.63) is 10.2 Å². The zero-order valence-electron chi connectivity index (χ0n) is 7.00. The molecule has 2 N–H and O–H groups in total. The lowest BCUT2D eigenvalue weighted by Gasteiger charge is -1.90. The number of thiazole rings is 1. The molecular formula is C7H5BrN2O3S. The summed E-state index contributed by atoms with van der Waals surface area (Å²) in [7, 11) is 1.52. The number of nitrogens with zero attached hydrogens (tertiary/aromatic N) is 1. The first kappa shape index (κ1) is 9.47. The van der Waals surface area contributed by atoms with Crippen LogP contribution >= 0.6 is 27.3 Å². The summed E-state index contributed by atoms with van der Waals surface area (Å²) >= 11 is 4.49. The highest BCUT2D eigenvalue weighted by atomic mass is 79.9. The van der Waals surface area contributed by atoms with Crippen LogP contribution in [0.25, 0.3) is 10.3 Å². The van der Waals surface area contributed by atoms with E-state index in [1.54, 1.807) is 0 Å². The van der Waals surface area contributed by atoms with E-state index in [0.717, 1.165) is 4.70 Å². The van der Waals surface area contributed by atoms with Crippen LogP contribution < -0.4 is 4.74 Å². The van der Waals surface area contributed by atoms with Gasteiger partial charge in [-0.05, 0) is 15.9 Å². The Hall–Kier alpha value is -1.08. The Morgan fingerprint density at radius 1 is 1.71 bits per heavy atom. The maximum Gasteiger partial charge on any atom is 0.353 e. The van der Waals surface area contributed by atoms with E-state index in [0.29, 0.717) is 15.3 Å². The van der Waals surface area contributed by atoms with Crippen molar-refractivity contribution in [3.63, 3.8) is 0 Å². The van der Waals surface area contributed by atoms with Crippen molar-refractivity contribution in [1.82, 2.24) is 9.97 Å². The Morgan fingerprint density at radius 3 is 2.93 bits per heavy atom. The Morgan fingerprint density at radius 2 is 2.43 bits per heavy atom. The lowest BCUT2D eigenvalue weighted by atomic mass is 10.4. The summed E-state index contributed by atoms with van der Waals surface area (Å²) in [5.74, 6) is -1.01. The molecule has 0 radical (unpaired) electrons. The number of fused-ring (bicyclic) bond motifs is 1. The van der Waals surface area contributed by atoms with Crippen molar-refractivity contribution in [3.8, 4) is 5.19 Å². The first-order valence-corrected chi connectivity index (χ1v) is 5.19. The molecule has 0 aliphatic rings. The average Bonchev–Trinajstić information content (AvgIpc) is 2.65. The van der Waals surface area contributed by atoms with Gasteiger partial charge in [-0.3, -0.25) is 0 Å². The number of hydrogen-bond acceptors (Lipinski definition) is 4. The summed E-state index contributed by atoms with van der Waals surface area (Å²) in [5.41, 5.74) is 0.637. The van der Waals surface area contributed by atoms with Gasteiger partial charge in [0.25, 0.3) is 5.19 Å². The van der Waals surface area contributed by atoms with Gasteiger partial charge in [0.05, 0.1) is 16.3 Å². The number of ether oxygens (including phenoxy) is 1. The van der Waals surface area contributed by atoms with E-state index in [-0.39, 0.29) is 5.69 Å². The molecule has 2 heterocycles. The number of aromatic nitrogens is 2. The molecule has 0 fully saturated rings. The van der Waals surface area contributed by atoms with Gasteiger partial charge in [-0.2, -0.15) is 4.98 Å². The van der Waals surface area contributed by atoms with Crippen LogP contribution in [0.5, 0.6) is 5.19 Å². The second-order valence-corrected chi connectivity index (χ2v) is 4.24. The van der Waals surface area contributed by atoms with Gasteiger partial charge in [-0.1, -0.05) is 11.3 Å². The van der Waals surface area contributed by atoms with E-state index in [2.05, 4.69) is 25.9 Å². The predicted molar refractivity (Wildman–Crippen MR) is 55.2 cm³/mol. The van der Waals surface area contributed by atoms with Crippen molar-refractivity contribution in [2.45, 2.75) is 0 Å². The van der Waals surface area contributed by atoms with Gasteiger partial charge in [0.2, 0.25) is 0 Å². The average molecular weight is 277 g/mol. The van der Waals surface area contributed by atoms with Crippen LogP contribution in [-0.4, -0.2) is 28.2 Å². The number of methoxy groups -OCH3 is 1. The summed E-state index contributed by atoms with van der Waals surface area (Å²) in [6, 6.07) is 0. The molecule has 0 saturated carbocycles. The van der Waals surface area contributed by atoms with Crippen LogP contribution in [0.15, 0.2) is 4.47 Å². The van der Waals surface area contributed by atoms with Crippen molar-refractivity contribution in [2.75, 3.05) is 7.11 Å². The van der Waals surface area contributed by atoms with Gasteiger partial charge in [0.1, 0.15) is 5.69 Å². The molecule has 0 amide bonds. The van der Waals surface area contributed by atoms with Crippen LogP contribution in [0.2, 0.25) is 0 Å². The number of hydrogen-bond donors (Lipinski definition) is 2. The molecule has 74 valence electrons. The van der Waals surface area contributed by atoms with Crippen molar-refractivity contribution in [1.29, 1.82) is 0 Å². The van der Waals surface area contributed by atoms with Crippen LogP contribution in [0.3, 0.4) is 0 Å². The molecule has 2 aromatic rings. The fraction of sp³-hybridized carbons (Fsp3) is 0.143. The maximum absolute atomic E-state index is 10.7. The summed E-state index contributed by atoms with van der Waals surface area (Å²) in [4.78, 5) is 17.5. The number of carboxylic acid groups (broad SMARTS) is 1. The summed E-state index contributed by atoms with van der Waals surface area (Å²) in [6.07, 6.45) is 0. The molecule has 7 heteroatoms. The van der Waals surface area contributed by atoms with Gasteiger partial charge in [0.15, 0.2) is 5.65 Å². The fourth-order valence-electron chi connectivity index (χ4n) is 1.06. The molecule has 0 aliphatic heterocycles. The minimum atomic E-state index is -1.01. The third-order valence-corrected chi connectivity index (χ3v) is 3.75. The van der Waals surface area contributed by atoms with E-state index in [9.17, 15) is 4.79 Å². The molecule has 5 nitrogen and oxygen atoms in total. The Kier molecular flexibility index (Phi) is 2.20. The zero-order valence-corrected chi connectivity index (χ0v) is 9.40. The molecule has 0 spiro atoms. The second-order valence-electron chi connectivity index (χ2n) is 2.48. The van der Waals surface area contributed by atoms with E-state index in [4.69, 9.17) is 9.84 Å². The van der Waals surface area contributed by atoms with E-state index >= 15 is 0 Å². The molecule has 2 rings (SSSR count). The van der Waals surface area contributed by atoms with Crippen LogP contribution in [0.1, 0.15) is 10.5 Å². The highest BCUT2D eigenvalue weighted by Gasteiger charge is 2.18. The largest absolute Gasteiger partial charge is 0.477 e. The third-order valence-electron chi connectivity index (χ3n) is 1.66. The van der Waals surface area contributed by atoms with Gasteiger partial charge in [0, 0.05) is 0 Å². The number of aromatic amines is 1. The summed E-state index contributed by atoms with van der Waals surface area (Å²) in [5, 5.41) is 9.30. The topological polar surface area (TPSA) is 75.2 Å². The predicted octanol–water partition coefficient (Wildman–Crippen LogP) is 2.09. The smallest absolute Gasteiger partial charge is 0.353 e. The molecule has 0 aliphatic carbocycles. The Labute approximate surface area is 90.8 Å². The number of carbonyl (C=O) groups is 1. The molecule has 0 saturated heterocycles. The normalized spacial score (nSPS) is 10.7. The van der Waals surface area contributed by atoms with Crippen molar-refractivity contribution in [2.24, 2.45) is 0 Å². The molecule has 0 atom stereocenters. The number of halogens is 1. The number of rotatable bonds is 2. The minimum absolute atomic E-state index is 0.112. The standard InChI is InChI=1S/C7H5BrN2O3S/c1-13-7-10-5-4(14-7)2(8)3(9-5)6(11)12/h9H,1H3,(H,11,12). The van der Waals surface area contributed by atoms with Crippen LogP contribution in [-0.2, 0) is 0 Å². The SMILES string of the molecule is COc1nc2[nH]c(C(=O)O)c(Br)c2s1. The van der Waals surface area contributed by atoms with E-state index in [1.165, 1.54) is 18.4 Å². The Bertz CT molecular complexity index is 504.